The molecule has 0 spiro atoms. The Kier molecular flexibility index (Phi) is 4.67. The second kappa shape index (κ2) is 6.87. The van der Waals surface area contributed by atoms with Gasteiger partial charge in [-0.25, -0.2) is 0 Å². The maximum absolute atomic E-state index is 12.2. The van der Waals surface area contributed by atoms with Crippen LogP contribution in [0.25, 0.3) is 0 Å². The highest BCUT2D eigenvalue weighted by molar-refractivity contribution is 6.10. The van der Waals surface area contributed by atoms with Gasteiger partial charge >= 0.3 is 0 Å². The molecule has 21 heavy (non-hydrogen) atoms. The number of nitriles is 1. The number of carbonyl (C=O) groups excluding carboxylic acids is 2. The highest BCUT2D eigenvalue weighted by atomic mass is 16.2. The van der Waals surface area contributed by atoms with Crippen LogP contribution in [-0.2, 0) is 4.79 Å². The van der Waals surface area contributed by atoms with Crippen molar-refractivity contribution in [3.8, 4) is 6.07 Å². The molecule has 0 atom stereocenters. The van der Waals surface area contributed by atoms with Crippen molar-refractivity contribution in [3.63, 3.8) is 0 Å². The van der Waals surface area contributed by atoms with E-state index in [1.165, 1.54) is 0 Å². The molecule has 0 unspecified atom stereocenters. The fourth-order valence-electron chi connectivity index (χ4n) is 1.78. The summed E-state index contributed by atoms with van der Waals surface area (Å²) < 4.78 is 0. The van der Waals surface area contributed by atoms with Gasteiger partial charge in [-0.15, -0.1) is 0 Å². The number of rotatable bonds is 4. The minimum absolute atomic E-state index is 0.255. The third-order valence-corrected chi connectivity index (χ3v) is 2.72. The molecule has 2 aromatic carbocycles. The van der Waals surface area contributed by atoms with Gasteiger partial charge in [0.25, 0.3) is 5.91 Å². The van der Waals surface area contributed by atoms with E-state index in [0.29, 0.717) is 16.9 Å². The smallest absolute Gasteiger partial charge is 0.257 e. The van der Waals surface area contributed by atoms with Crippen LogP contribution >= 0.6 is 0 Å². The lowest BCUT2D eigenvalue weighted by Crippen LogP contribution is -2.17. The number of nitrogens with one attached hydrogen (secondary N) is 2. The van der Waals surface area contributed by atoms with Gasteiger partial charge in [-0.3, -0.25) is 9.59 Å². The lowest BCUT2D eigenvalue weighted by Gasteiger charge is -2.10. The maximum Gasteiger partial charge on any atom is 0.257 e. The second-order valence-electron chi connectivity index (χ2n) is 4.25. The average molecular weight is 279 g/mol. The summed E-state index contributed by atoms with van der Waals surface area (Å²) in [6.45, 7) is 0. The largest absolute Gasteiger partial charge is 0.324 e. The predicted octanol–water partition coefficient (Wildman–Crippen LogP) is 2.79. The number of anilines is 2. The molecule has 2 N–H and O–H groups in total. The van der Waals surface area contributed by atoms with Crippen LogP contribution < -0.4 is 10.6 Å². The molecule has 0 saturated heterocycles. The van der Waals surface area contributed by atoms with E-state index in [-0.39, 0.29) is 12.3 Å². The SMILES string of the molecule is N#CCC(=O)Nc1ccccc1C(=O)Nc1ccccc1. The zero-order valence-electron chi connectivity index (χ0n) is 11.2. The summed E-state index contributed by atoms with van der Waals surface area (Å²) in [5.74, 6) is -0.772. The van der Waals surface area contributed by atoms with Crippen LogP contribution in [0.15, 0.2) is 54.6 Å². The maximum atomic E-state index is 12.2. The topological polar surface area (TPSA) is 82.0 Å². The molecule has 0 aliphatic heterocycles. The van der Waals surface area contributed by atoms with E-state index in [4.69, 9.17) is 5.26 Å². The second-order valence-corrected chi connectivity index (χ2v) is 4.25. The van der Waals surface area contributed by atoms with E-state index < -0.39 is 5.91 Å². The Balaban J connectivity index is 2.18. The van der Waals surface area contributed by atoms with Crippen molar-refractivity contribution in [1.82, 2.24) is 0 Å². The van der Waals surface area contributed by atoms with Crippen LogP contribution in [0, 0.1) is 11.3 Å². The molecule has 2 aromatic rings. The van der Waals surface area contributed by atoms with E-state index in [9.17, 15) is 9.59 Å². The van der Waals surface area contributed by atoms with Gasteiger partial charge in [-0.2, -0.15) is 5.26 Å². The molecule has 0 heterocycles. The normalized spacial score (nSPS) is 9.48. The quantitative estimate of drug-likeness (QED) is 0.902. The summed E-state index contributed by atoms with van der Waals surface area (Å²) >= 11 is 0. The fourth-order valence-corrected chi connectivity index (χ4v) is 1.78. The van der Waals surface area contributed by atoms with E-state index in [0.717, 1.165) is 0 Å². The molecule has 0 fully saturated rings. The van der Waals surface area contributed by atoms with Crippen molar-refractivity contribution in [2.45, 2.75) is 6.42 Å². The minimum atomic E-state index is -0.447. The molecule has 5 heteroatoms. The zero-order chi connectivity index (χ0) is 15.1. The number of amides is 2. The van der Waals surface area contributed by atoms with Gasteiger partial charge in [0.1, 0.15) is 6.42 Å². The first-order valence-electron chi connectivity index (χ1n) is 6.33. The number of nitrogens with zero attached hydrogens (tertiary/aromatic N) is 1. The minimum Gasteiger partial charge on any atom is -0.324 e. The predicted molar refractivity (Wildman–Crippen MR) is 79.7 cm³/mol. The molecule has 0 aromatic heterocycles. The number of para-hydroxylation sites is 2. The van der Waals surface area contributed by atoms with Crippen LogP contribution in [-0.4, -0.2) is 11.8 Å². The van der Waals surface area contributed by atoms with Gasteiger partial charge in [0.2, 0.25) is 5.91 Å². The average Bonchev–Trinajstić information content (AvgIpc) is 2.49. The lowest BCUT2D eigenvalue weighted by molar-refractivity contribution is -0.115. The van der Waals surface area contributed by atoms with Crippen molar-refractivity contribution in [2.24, 2.45) is 0 Å². The van der Waals surface area contributed by atoms with E-state index >= 15 is 0 Å². The Morgan fingerprint density at radius 1 is 0.952 bits per heavy atom. The van der Waals surface area contributed by atoms with Crippen LogP contribution in [0.1, 0.15) is 16.8 Å². The summed E-state index contributed by atoms with van der Waals surface area (Å²) in [5.41, 5.74) is 1.39. The van der Waals surface area contributed by atoms with Gasteiger partial charge in [0, 0.05) is 5.69 Å². The molecular weight excluding hydrogens is 266 g/mol. The molecule has 104 valence electrons. The van der Waals surface area contributed by atoms with Crippen molar-refractivity contribution in [2.75, 3.05) is 10.6 Å². The number of hydrogen-bond donors (Lipinski definition) is 2. The Morgan fingerprint density at radius 3 is 2.33 bits per heavy atom. The first-order valence-corrected chi connectivity index (χ1v) is 6.33. The van der Waals surface area contributed by atoms with Gasteiger partial charge in [0.15, 0.2) is 0 Å². The Labute approximate surface area is 122 Å². The molecule has 0 radical (unpaired) electrons. The molecule has 2 amide bonds. The molecule has 0 aliphatic carbocycles. The van der Waals surface area contributed by atoms with Crippen molar-refractivity contribution < 1.29 is 9.59 Å². The fraction of sp³-hybridized carbons (Fsp3) is 0.0625. The van der Waals surface area contributed by atoms with Crippen LogP contribution in [0.5, 0.6) is 0 Å². The third kappa shape index (κ3) is 3.91. The Bertz CT molecular complexity index is 690. The van der Waals surface area contributed by atoms with Crippen molar-refractivity contribution in [1.29, 1.82) is 5.26 Å². The highest BCUT2D eigenvalue weighted by Crippen LogP contribution is 2.17. The standard InChI is InChI=1S/C16H13N3O2/c17-11-10-15(20)19-14-9-5-4-8-13(14)16(21)18-12-6-2-1-3-7-12/h1-9H,10H2,(H,18,21)(H,19,20). The Morgan fingerprint density at radius 2 is 1.62 bits per heavy atom. The van der Waals surface area contributed by atoms with E-state index in [1.807, 2.05) is 18.2 Å². The summed E-state index contributed by atoms with van der Waals surface area (Å²) in [6, 6.07) is 17.4. The van der Waals surface area contributed by atoms with Gasteiger partial charge < -0.3 is 10.6 Å². The molecule has 0 saturated carbocycles. The first-order chi connectivity index (χ1) is 10.2. The summed E-state index contributed by atoms with van der Waals surface area (Å²) in [7, 11) is 0. The van der Waals surface area contributed by atoms with E-state index in [2.05, 4.69) is 10.6 Å². The molecule has 5 nitrogen and oxygen atoms in total. The molecule has 0 bridgehead atoms. The van der Waals surface area contributed by atoms with Crippen LogP contribution in [0.3, 0.4) is 0 Å². The van der Waals surface area contributed by atoms with Crippen molar-refractivity contribution in [3.05, 3.63) is 60.2 Å². The summed E-state index contributed by atoms with van der Waals surface area (Å²) in [6.07, 6.45) is -0.255. The Hall–Kier alpha value is -3.13. The number of benzene rings is 2. The van der Waals surface area contributed by atoms with E-state index in [1.54, 1.807) is 42.5 Å². The summed E-state index contributed by atoms with van der Waals surface area (Å²) in [5, 5.41) is 13.8. The van der Waals surface area contributed by atoms with Crippen LogP contribution in [0.2, 0.25) is 0 Å². The van der Waals surface area contributed by atoms with Gasteiger partial charge in [-0.05, 0) is 24.3 Å². The van der Waals surface area contributed by atoms with Crippen molar-refractivity contribution >= 4 is 23.2 Å². The third-order valence-electron chi connectivity index (χ3n) is 2.72. The highest BCUT2D eigenvalue weighted by Gasteiger charge is 2.12. The van der Waals surface area contributed by atoms with Crippen LogP contribution in [0.4, 0.5) is 11.4 Å². The van der Waals surface area contributed by atoms with Gasteiger partial charge in [-0.1, -0.05) is 30.3 Å². The molecule has 2 rings (SSSR count). The number of hydrogen-bond acceptors (Lipinski definition) is 3. The van der Waals surface area contributed by atoms with Gasteiger partial charge in [0.05, 0.1) is 17.3 Å². The summed E-state index contributed by atoms with van der Waals surface area (Å²) in [4.78, 5) is 23.7. The lowest BCUT2D eigenvalue weighted by atomic mass is 10.1. The monoisotopic (exact) mass is 279 g/mol. The molecular formula is C16H13N3O2. The first kappa shape index (κ1) is 14.3. The zero-order valence-corrected chi connectivity index (χ0v) is 11.2. The molecule has 0 aliphatic rings. The number of carbonyl (C=O) groups is 2.